The lowest BCUT2D eigenvalue weighted by atomic mass is 10.2. The van der Waals surface area contributed by atoms with E-state index in [4.69, 9.17) is 4.74 Å². The summed E-state index contributed by atoms with van der Waals surface area (Å²) in [7, 11) is -4.18. The smallest absolute Gasteiger partial charge is 0.416 e. The fourth-order valence-corrected chi connectivity index (χ4v) is 3.90. The van der Waals surface area contributed by atoms with Crippen LogP contribution >= 0.6 is 0 Å². The fraction of sp³-hybridized carbons (Fsp3) is 0.0952. The second-order valence-electron chi connectivity index (χ2n) is 6.44. The summed E-state index contributed by atoms with van der Waals surface area (Å²) in [4.78, 5) is 10.3. The molecular formula is C21H13F5O5S. The van der Waals surface area contributed by atoms with Gasteiger partial charge in [0.1, 0.15) is 17.3 Å². The summed E-state index contributed by atoms with van der Waals surface area (Å²) in [6.45, 7) is 0.987. The minimum Gasteiger partial charge on any atom is -0.454 e. The number of halogens is 5. The Balaban J connectivity index is 1.95. The molecule has 3 rings (SSSR count). The van der Waals surface area contributed by atoms with E-state index >= 15 is 0 Å². The quantitative estimate of drug-likeness (QED) is 0.211. The Kier molecular flexibility index (Phi) is 6.22. The zero-order chi connectivity index (χ0) is 23.7. The molecule has 0 bridgehead atoms. The van der Waals surface area contributed by atoms with Crippen LogP contribution in [-0.2, 0) is 20.8 Å². The summed E-state index contributed by atoms with van der Waals surface area (Å²) in [5.41, 5.74) is -1.21. The van der Waals surface area contributed by atoms with Crippen LogP contribution in [0, 0.1) is 11.6 Å². The number of hydrogen-bond acceptors (Lipinski definition) is 5. The maximum Gasteiger partial charge on any atom is 0.416 e. The van der Waals surface area contributed by atoms with Crippen LogP contribution in [0.1, 0.15) is 12.5 Å². The van der Waals surface area contributed by atoms with E-state index in [1.807, 2.05) is 0 Å². The van der Waals surface area contributed by atoms with Crippen molar-refractivity contribution in [2.24, 2.45) is 0 Å². The number of carbonyl (C=O) groups excluding carboxylic acids is 1. The third-order valence-corrected chi connectivity index (χ3v) is 5.80. The number of ether oxygens (including phenoxy) is 2. The van der Waals surface area contributed by atoms with E-state index in [2.05, 4.69) is 4.74 Å². The molecular weight excluding hydrogens is 459 g/mol. The predicted octanol–water partition coefficient (Wildman–Crippen LogP) is 5.53. The molecule has 0 aliphatic heterocycles. The van der Waals surface area contributed by atoms with Crippen LogP contribution in [0.4, 0.5) is 22.0 Å². The Morgan fingerprint density at radius 3 is 2.00 bits per heavy atom. The molecule has 0 amide bonds. The van der Waals surface area contributed by atoms with Gasteiger partial charge < -0.3 is 9.47 Å². The van der Waals surface area contributed by atoms with Gasteiger partial charge in [-0.25, -0.2) is 17.2 Å². The van der Waals surface area contributed by atoms with Gasteiger partial charge in [-0.3, -0.25) is 4.79 Å². The zero-order valence-corrected chi connectivity index (χ0v) is 16.9. The van der Waals surface area contributed by atoms with Crippen molar-refractivity contribution in [1.82, 2.24) is 0 Å². The van der Waals surface area contributed by atoms with Gasteiger partial charge in [0, 0.05) is 13.0 Å². The highest BCUT2D eigenvalue weighted by Crippen LogP contribution is 2.37. The Hall–Kier alpha value is -3.47. The summed E-state index contributed by atoms with van der Waals surface area (Å²) in [5, 5.41) is 0. The Labute approximate surface area is 178 Å². The van der Waals surface area contributed by atoms with E-state index in [1.54, 1.807) is 0 Å². The molecule has 0 saturated heterocycles. The van der Waals surface area contributed by atoms with Crippen molar-refractivity contribution < 1.29 is 44.6 Å². The van der Waals surface area contributed by atoms with Crippen molar-refractivity contribution in [2.45, 2.75) is 22.9 Å². The van der Waals surface area contributed by atoms with Crippen LogP contribution in [-0.4, -0.2) is 14.4 Å². The first-order valence-corrected chi connectivity index (χ1v) is 10.2. The molecule has 0 fully saturated rings. The monoisotopic (exact) mass is 472 g/mol. The summed E-state index contributed by atoms with van der Waals surface area (Å²) in [6, 6.07) is 8.46. The van der Waals surface area contributed by atoms with E-state index in [0.717, 1.165) is 49.4 Å². The lowest BCUT2D eigenvalue weighted by Gasteiger charge is -2.13. The van der Waals surface area contributed by atoms with Gasteiger partial charge in [0.05, 0.1) is 15.4 Å². The average Bonchev–Trinajstić information content (AvgIpc) is 2.68. The molecule has 0 atom stereocenters. The van der Waals surface area contributed by atoms with Gasteiger partial charge in [-0.05, 0) is 54.6 Å². The number of alkyl halides is 3. The predicted molar refractivity (Wildman–Crippen MR) is 101 cm³/mol. The van der Waals surface area contributed by atoms with Gasteiger partial charge in [-0.1, -0.05) is 0 Å². The normalized spacial score (nSPS) is 11.8. The van der Waals surface area contributed by atoms with Gasteiger partial charge in [0.2, 0.25) is 9.84 Å². The van der Waals surface area contributed by atoms with Crippen molar-refractivity contribution in [2.75, 3.05) is 0 Å². The maximum absolute atomic E-state index is 14.5. The minimum atomic E-state index is -4.81. The summed E-state index contributed by atoms with van der Waals surface area (Å²) in [5.74, 6) is -4.26. The van der Waals surface area contributed by atoms with Gasteiger partial charge in [-0.2, -0.15) is 13.2 Å². The van der Waals surface area contributed by atoms with Gasteiger partial charge in [0.25, 0.3) is 0 Å². The van der Waals surface area contributed by atoms with Crippen LogP contribution in [0.5, 0.6) is 17.2 Å². The van der Waals surface area contributed by atoms with Crippen LogP contribution < -0.4 is 9.47 Å². The number of hydrogen-bond donors (Lipinski definition) is 0. The molecule has 0 aliphatic rings. The van der Waals surface area contributed by atoms with Crippen molar-refractivity contribution in [3.05, 3.63) is 77.9 Å². The molecule has 0 N–H and O–H groups in total. The topological polar surface area (TPSA) is 69.7 Å². The molecule has 0 aromatic heterocycles. The van der Waals surface area contributed by atoms with Crippen LogP contribution in [0.2, 0.25) is 0 Å². The van der Waals surface area contributed by atoms with Crippen molar-refractivity contribution >= 4 is 15.8 Å². The number of rotatable bonds is 5. The third-order valence-electron chi connectivity index (χ3n) is 4.03. The van der Waals surface area contributed by atoms with Crippen molar-refractivity contribution in [3.63, 3.8) is 0 Å². The first-order valence-electron chi connectivity index (χ1n) is 8.75. The molecule has 0 radical (unpaired) electrons. The number of esters is 1. The molecule has 32 heavy (non-hydrogen) atoms. The van der Waals surface area contributed by atoms with Crippen molar-refractivity contribution in [1.29, 1.82) is 0 Å². The standard InChI is InChI=1S/C21H13F5O5S/c1-12(27)30-15-8-13(21(24,25)26)9-16(10-15)31-20-7-6-18(11-19(20)23)32(28,29)17-4-2-14(22)3-5-17/h2-11H,1H3. The lowest BCUT2D eigenvalue weighted by Crippen LogP contribution is -2.08. The van der Waals surface area contributed by atoms with Gasteiger partial charge in [-0.15, -0.1) is 0 Å². The molecule has 3 aromatic carbocycles. The Morgan fingerprint density at radius 2 is 1.44 bits per heavy atom. The molecule has 168 valence electrons. The molecule has 5 nitrogen and oxygen atoms in total. The average molecular weight is 472 g/mol. The molecule has 3 aromatic rings. The SMILES string of the molecule is CC(=O)Oc1cc(Oc2ccc(S(=O)(=O)c3ccc(F)cc3)cc2F)cc(C(F)(F)F)c1. The van der Waals surface area contributed by atoms with E-state index in [0.29, 0.717) is 18.2 Å². The highest BCUT2D eigenvalue weighted by atomic mass is 32.2. The molecule has 0 saturated carbocycles. The summed E-state index contributed by atoms with van der Waals surface area (Å²) < 4.78 is 102. The Bertz CT molecular complexity index is 1270. The van der Waals surface area contributed by atoms with E-state index in [1.165, 1.54) is 0 Å². The van der Waals surface area contributed by atoms with Crippen LogP contribution in [0.3, 0.4) is 0 Å². The largest absolute Gasteiger partial charge is 0.454 e. The Morgan fingerprint density at radius 1 is 0.844 bits per heavy atom. The maximum atomic E-state index is 14.5. The highest BCUT2D eigenvalue weighted by molar-refractivity contribution is 7.91. The van der Waals surface area contributed by atoms with E-state index < -0.39 is 61.3 Å². The zero-order valence-electron chi connectivity index (χ0n) is 16.1. The minimum absolute atomic E-state index is 0.282. The van der Waals surface area contributed by atoms with Gasteiger partial charge in [0.15, 0.2) is 11.6 Å². The summed E-state index contributed by atoms with van der Waals surface area (Å²) in [6.07, 6.45) is -4.81. The summed E-state index contributed by atoms with van der Waals surface area (Å²) >= 11 is 0. The lowest BCUT2D eigenvalue weighted by molar-refractivity contribution is -0.138. The molecule has 0 heterocycles. The van der Waals surface area contributed by atoms with E-state index in [9.17, 15) is 35.2 Å². The number of benzene rings is 3. The van der Waals surface area contributed by atoms with Crippen molar-refractivity contribution in [3.8, 4) is 17.2 Å². The van der Waals surface area contributed by atoms with Crippen LogP contribution in [0.25, 0.3) is 0 Å². The fourth-order valence-electron chi connectivity index (χ4n) is 2.63. The van der Waals surface area contributed by atoms with Crippen LogP contribution in [0.15, 0.2) is 70.5 Å². The van der Waals surface area contributed by atoms with Gasteiger partial charge >= 0.3 is 12.1 Å². The highest BCUT2D eigenvalue weighted by Gasteiger charge is 2.32. The molecule has 0 spiro atoms. The molecule has 0 aliphatic carbocycles. The first-order chi connectivity index (χ1) is 14.9. The number of carbonyl (C=O) groups is 1. The molecule has 0 unspecified atom stereocenters. The van der Waals surface area contributed by atoms with E-state index in [-0.39, 0.29) is 4.90 Å². The number of sulfone groups is 1. The second-order valence-corrected chi connectivity index (χ2v) is 8.39. The second kappa shape index (κ2) is 8.58. The molecule has 11 heteroatoms. The third kappa shape index (κ3) is 5.22. The first kappa shape index (κ1) is 23.2.